The van der Waals surface area contributed by atoms with Gasteiger partial charge in [-0.2, -0.15) is 0 Å². The molecule has 1 aliphatic carbocycles. The first-order valence-electron chi connectivity index (χ1n) is 4.93. The Labute approximate surface area is 74.0 Å². The van der Waals surface area contributed by atoms with Crippen LogP contribution in [0.25, 0.3) is 0 Å². The maximum absolute atomic E-state index is 10.9. The Kier molecular flexibility index (Phi) is 3.12. The van der Waals surface area contributed by atoms with Gasteiger partial charge >= 0.3 is 5.97 Å². The summed E-state index contributed by atoms with van der Waals surface area (Å²) in [7, 11) is 0. The Balaban J connectivity index is 2.53. The maximum Gasteiger partial charge on any atom is 0.361 e. The highest BCUT2D eigenvalue weighted by Gasteiger charge is 2.41. The van der Waals surface area contributed by atoms with Gasteiger partial charge in [-0.25, -0.2) is 9.90 Å². The van der Waals surface area contributed by atoms with E-state index in [1.807, 2.05) is 0 Å². The van der Waals surface area contributed by atoms with Gasteiger partial charge in [-0.15, -0.1) is 0 Å². The Bertz CT molecular complexity index is 157. The average Bonchev–Trinajstić information content (AvgIpc) is 2.50. The number of carbonyl (C=O) groups excluding carboxylic acids is 1. The maximum atomic E-state index is 10.9. The molecule has 0 aromatic heterocycles. The fourth-order valence-corrected chi connectivity index (χ4v) is 2.12. The Hall–Kier alpha value is -0.530. The van der Waals surface area contributed by atoms with Gasteiger partial charge in [-0.05, 0) is 19.3 Å². The largest absolute Gasteiger partial charge is 0.361 e. The summed E-state index contributed by atoms with van der Waals surface area (Å²) in [4.78, 5) is 10.9. The van der Waals surface area contributed by atoms with Gasteiger partial charge in [-0.1, -0.05) is 32.6 Å². The lowest BCUT2D eigenvalue weighted by atomic mass is 9.81. The van der Waals surface area contributed by atoms with Gasteiger partial charge in [0.25, 0.3) is 0 Å². The molecule has 2 nitrogen and oxygen atoms in total. The van der Waals surface area contributed by atoms with Crippen LogP contribution in [0.4, 0.5) is 0 Å². The zero-order valence-corrected chi connectivity index (χ0v) is 7.77. The van der Waals surface area contributed by atoms with Crippen molar-refractivity contribution in [1.82, 2.24) is 0 Å². The molecule has 0 heterocycles. The highest BCUT2D eigenvalue weighted by Crippen LogP contribution is 2.42. The SMILES string of the molecule is CCCCC1(C([O])=O)CCCC1. The molecule has 1 fully saturated rings. The van der Waals surface area contributed by atoms with E-state index in [9.17, 15) is 9.90 Å². The van der Waals surface area contributed by atoms with E-state index < -0.39 is 11.4 Å². The molecule has 12 heavy (non-hydrogen) atoms. The Morgan fingerprint density at radius 2 is 1.92 bits per heavy atom. The summed E-state index contributed by atoms with van der Waals surface area (Å²) in [6.07, 6.45) is 6.74. The Morgan fingerprint density at radius 1 is 1.33 bits per heavy atom. The van der Waals surface area contributed by atoms with Crippen LogP contribution in [0.1, 0.15) is 51.9 Å². The summed E-state index contributed by atoms with van der Waals surface area (Å²) in [5, 5.41) is 10.9. The van der Waals surface area contributed by atoms with Crippen LogP contribution in [0.2, 0.25) is 0 Å². The second-order valence-electron chi connectivity index (χ2n) is 3.88. The van der Waals surface area contributed by atoms with E-state index in [1.54, 1.807) is 0 Å². The molecule has 0 aromatic carbocycles. The third-order valence-corrected chi connectivity index (χ3v) is 3.00. The van der Waals surface area contributed by atoms with Gasteiger partial charge in [0.2, 0.25) is 0 Å². The van der Waals surface area contributed by atoms with Gasteiger partial charge < -0.3 is 0 Å². The van der Waals surface area contributed by atoms with Gasteiger partial charge in [0.05, 0.1) is 5.41 Å². The minimum Gasteiger partial charge on any atom is -0.247 e. The lowest BCUT2D eigenvalue weighted by Gasteiger charge is -2.21. The molecule has 0 bridgehead atoms. The van der Waals surface area contributed by atoms with Crippen molar-refractivity contribution in [3.05, 3.63) is 0 Å². The summed E-state index contributed by atoms with van der Waals surface area (Å²) in [5.74, 6) is -0.812. The molecule has 1 rings (SSSR count). The van der Waals surface area contributed by atoms with E-state index in [0.717, 1.165) is 44.9 Å². The standard InChI is InChI=1S/C10H17O2/c1-2-3-6-10(9(11)12)7-4-5-8-10/h2-8H2,1H3. The number of hydrogen-bond donors (Lipinski definition) is 0. The van der Waals surface area contributed by atoms with Crippen LogP contribution in [0.3, 0.4) is 0 Å². The average molecular weight is 169 g/mol. The van der Waals surface area contributed by atoms with Crippen molar-refractivity contribution in [1.29, 1.82) is 0 Å². The zero-order chi connectivity index (χ0) is 9.03. The van der Waals surface area contributed by atoms with Crippen molar-refractivity contribution in [2.24, 2.45) is 5.41 Å². The summed E-state index contributed by atoms with van der Waals surface area (Å²) in [5.41, 5.74) is -0.448. The number of rotatable bonds is 4. The van der Waals surface area contributed by atoms with E-state index in [1.165, 1.54) is 0 Å². The van der Waals surface area contributed by atoms with E-state index in [4.69, 9.17) is 0 Å². The van der Waals surface area contributed by atoms with Crippen molar-refractivity contribution < 1.29 is 9.90 Å². The van der Waals surface area contributed by atoms with Crippen LogP contribution in [0.15, 0.2) is 0 Å². The number of carbonyl (C=O) groups is 1. The van der Waals surface area contributed by atoms with Gasteiger partial charge in [0, 0.05) is 0 Å². The minimum absolute atomic E-state index is 0.448. The predicted octanol–water partition coefficient (Wildman–Crippen LogP) is 2.69. The first-order chi connectivity index (χ1) is 5.71. The lowest BCUT2D eigenvalue weighted by molar-refractivity contribution is -0.155. The van der Waals surface area contributed by atoms with Gasteiger partial charge in [-0.3, -0.25) is 0 Å². The molecule has 0 amide bonds. The number of unbranched alkanes of at least 4 members (excludes halogenated alkanes) is 1. The molecule has 1 aliphatic rings. The van der Waals surface area contributed by atoms with E-state index in [-0.39, 0.29) is 0 Å². The van der Waals surface area contributed by atoms with Crippen molar-refractivity contribution in [3.8, 4) is 0 Å². The highest BCUT2D eigenvalue weighted by atomic mass is 16.4. The molecule has 69 valence electrons. The molecule has 0 spiro atoms. The van der Waals surface area contributed by atoms with E-state index in [0.29, 0.717) is 0 Å². The normalized spacial score (nSPS) is 21.1. The highest BCUT2D eigenvalue weighted by molar-refractivity contribution is 5.74. The summed E-state index contributed by atoms with van der Waals surface area (Å²) >= 11 is 0. The first-order valence-corrected chi connectivity index (χ1v) is 4.93. The predicted molar refractivity (Wildman–Crippen MR) is 46.1 cm³/mol. The van der Waals surface area contributed by atoms with Crippen LogP contribution < -0.4 is 0 Å². The van der Waals surface area contributed by atoms with E-state index >= 15 is 0 Å². The molecule has 0 atom stereocenters. The van der Waals surface area contributed by atoms with Crippen molar-refractivity contribution in [2.75, 3.05) is 0 Å². The van der Waals surface area contributed by atoms with Crippen molar-refractivity contribution in [2.45, 2.75) is 51.9 Å². The molecule has 0 aromatic rings. The van der Waals surface area contributed by atoms with Crippen LogP contribution in [0.5, 0.6) is 0 Å². The van der Waals surface area contributed by atoms with Crippen molar-refractivity contribution >= 4 is 5.97 Å². The monoisotopic (exact) mass is 169 g/mol. The van der Waals surface area contributed by atoms with Crippen LogP contribution in [0, 0.1) is 5.41 Å². The third-order valence-electron chi connectivity index (χ3n) is 3.00. The molecule has 0 aliphatic heterocycles. The molecule has 0 saturated heterocycles. The smallest absolute Gasteiger partial charge is 0.247 e. The Morgan fingerprint density at radius 3 is 2.33 bits per heavy atom. The fourth-order valence-electron chi connectivity index (χ4n) is 2.12. The van der Waals surface area contributed by atoms with Crippen LogP contribution in [-0.4, -0.2) is 5.97 Å². The topological polar surface area (TPSA) is 37.0 Å². The summed E-state index contributed by atoms with van der Waals surface area (Å²) < 4.78 is 0. The van der Waals surface area contributed by atoms with Crippen LogP contribution in [-0.2, 0) is 9.90 Å². The lowest BCUT2D eigenvalue weighted by Crippen LogP contribution is -2.26. The quantitative estimate of drug-likeness (QED) is 0.637. The first kappa shape index (κ1) is 9.56. The molecular weight excluding hydrogens is 152 g/mol. The van der Waals surface area contributed by atoms with Crippen LogP contribution >= 0.6 is 0 Å². The second-order valence-corrected chi connectivity index (χ2v) is 3.88. The molecule has 0 unspecified atom stereocenters. The molecule has 0 N–H and O–H groups in total. The third kappa shape index (κ3) is 1.79. The second kappa shape index (κ2) is 3.92. The molecule has 2 heteroatoms. The minimum atomic E-state index is -0.812. The zero-order valence-electron chi connectivity index (χ0n) is 7.77. The van der Waals surface area contributed by atoms with E-state index in [2.05, 4.69) is 6.92 Å². The van der Waals surface area contributed by atoms with Crippen molar-refractivity contribution in [3.63, 3.8) is 0 Å². The van der Waals surface area contributed by atoms with Gasteiger partial charge in [0.15, 0.2) is 0 Å². The summed E-state index contributed by atoms with van der Waals surface area (Å²) in [6, 6.07) is 0. The molecule has 1 radical (unpaired) electrons. The van der Waals surface area contributed by atoms with Gasteiger partial charge in [0.1, 0.15) is 0 Å². The molecule has 1 saturated carbocycles. The fraction of sp³-hybridized carbons (Fsp3) is 0.900. The summed E-state index contributed by atoms with van der Waals surface area (Å²) in [6.45, 7) is 2.10. The molecular formula is C10H17O2. The number of hydrogen-bond acceptors (Lipinski definition) is 1.